The van der Waals surface area contributed by atoms with Gasteiger partial charge in [0, 0.05) is 11.6 Å². The van der Waals surface area contributed by atoms with Crippen molar-refractivity contribution in [3.63, 3.8) is 0 Å². The molecule has 0 spiro atoms. The first-order valence-electron chi connectivity index (χ1n) is 5.79. The maximum absolute atomic E-state index is 12.1. The van der Waals surface area contributed by atoms with Gasteiger partial charge >= 0.3 is 0 Å². The highest BCUT2D eigenvalue weighted by Gasteiger charge is 2.30. The molecule has 0 unspecified atom stereocenters. The fraction of sp³-hybridized carbons (Fsp3) is 0.200. The van der Waals surface area contributed by atoms with Gasteiger partial charge in [0.1, 0.15) is 11.5 Å². The van der Waals surface area contributed by atoms with Crippen LogP contribution in [-0.4, -0.2) is 25.8 Å². The van der Waals surface area contributed by atoms with E-state index in [0.717, 1.165) is 0 Å². The minimum atomic E-state index is -0.547. The Labute approximate surface area is 111 Å². The van der Waals surface area contributed by atoms with Gasteiger partial charge in [-0.05, 0) is 24.1 Å². The zero-order valence-corrected chi connectivity index (χ0v) is 10.9. The third-order valence-electron chi connectivity index (χ3n) is 2.98. The van der Waals surface area contributed by atoms with E-state index >= 15 is 0 Å². The van der Waals surface area contributed by atoms with Crippen LogP contribution in [0.1, 0.15) is 22.3 Å². The van der Waals surface area contributed by atoms with Gasteiger partial charge in [-0.15, -0.1) is 6.58 Å². The number of ketones is 2. The average molecular weight is 258 g/mol. The van der Waals surface area contributed by atoms with Crippen molar-refractivity contribution in [2.45, 2.75) is 6.42 Å². The van der Waals surface area contributed by atoms with E-state index in [1.54, 1.807) is 24.3 Å². The second kappa shape index (κ2) is 5.10. The van der Waals surface area contributed by atoms with Crippen molar-refractivity contribution in [1.29, 1.82) is 0 Å². The number of allylic oxidation sites excluding steroid dienone is 2. The van der Waals surface area contributed by atoms with Crippen LogP contribution in [0.2, 0.25) is 0 Å². The van der Waals surface area contributed by atoms with E-state index in [9.17, 15) is 9.59 Å². The first-order valence-corrected chi connectivity index (χ1v) is 5.79. The van der Waals surface area contributed by atoms with Gasteiger partial charge in [-0.1, -0.05) is 6.08 Å². The van der Waals surface area contributed by atoms with Crippen molar-refractivity contribution in [1.82, 2.24) is 0 Å². The van der Waals surface area contributed by atoms with Gasteiger partial charge in [-0.3, -0.25) is 9.59 Å². The van der Waals surface area contributed by atoms with E-state index in [1.807, 2.05) is 0 Å². The summed E-state index contributed by atoms with van der Waals surface area (Å²) < 4.78 is 10.3. The summed E-state index contributed by atoms with van der Waals surface area (Å²) in [6, 6.07) is 3.31. The number of Topliss-reactive ketones (excluding diaryl/α,β-unsaturated/α-hetero) is 2. The minimum absolute atomic E-state index is 0.293. The van der Waals surface area contributed by atoms with E-state index in [4.69, 9.17) is 9.47 Å². The quantitative estimate of drug-likeness (QED) is 0.614. The third-order valence-corrected chi connectivity index (χ3v) is 2.98. The number of benzene rings is 1. The Kier molecular flexibility index (Phi) is 3.51. The van der Waals surface area contributed by atoms with E-state index in [-0.39, 0.29) is 0 Å². The Bertz CT molecular complexity index is 596. The Morgan fingerprint density at radius 2 is 1.89 bits per heavy atom. The van der Waals surface area contributed by atoms with E-state index in [2.05, 4.69) is 6.58 Å². The van der Waals surface area contributed by atoms with E-state index in [0.29, 0.717) is 34.6 Å². The first kappa shape index (κ1) is 13.1. The van der Waals surface area contributed by atoms with Crippen LogP contribution in [0.4, 0.5) is 0 Å². The SMILES string of the molecule is C=CCC1=Cc2cc(OC)cc(OC)c2C(=O)C1=O. The summed E-state index contributed by atoms with van der Waals surface area (Å²) in [7, 11) is 2.99. The molecule has 4 nitrogen and oxygen atoms in total. The third kappa shape index (κ3) is 2.17. The van der Waals surface area contributed by atoms with Crippen molar-refractivity contribution >= 4 is 17.6 Å². The summed E-state index contributed by atoms with van der Waals surface area (Å²) in [5, 5.41) is 0. The summed E-state index contributed by atoms with van der Waals surface area (Å²) >= 11 is 0. The summed E-state index contributed by atoms with van der Waals surface area (Å²) in [6.07, 6.45) is 3.65. The molecule has 1 aromatic carbocycles. The highest BCUT2D eigenvalue weighted by Crippen LogP contribution is 2.34. The summed E-state index contributed by atoms with van der Waals surface area (Å²) in [5.74, 6) is -0.127. The number of rotatable bonds is 4. The van der Waals surface area contributed by atoms with Crippen molar-refractivity contribution in [2.75, 3.05) is 14.2 Å². The van der Waals surface area contributed by atoms with Gasteiger partial charge in [-0.25, -0.2) is 0 Å². The molecule has 0 aliphatic heterocycles. The molecule has 1 aliphatic carbocycles. The van der Waals surface area contributed by atoms with Gasteiger partial charge in [0.25, 0.3) is 0 Å². The number of carbonyl (C=O) groups excluding carboxylic acids is 2. The Balaban J connectivity index is 2.67. The van der Waals surface area contributed by atoms with Crippen LogP contribution in [0.5, 0.6) is 11.5 Å². The minimum Gasteiger partial charge on any atom is -0.497 e. The second-order valence-corrected chi connectivity index (χ2v) is 4.11. The smallest absolute Gasteiger partial charge is 0.237 e. The normalized spacial score (nSPS) is 13.7. The molecule has 4 heteroatoms. The molecular formula is C15H14O4. The second-order valence-electron chi connectivity index (χ2n) is 4.11. The average Bonchev–Trinajstić information content (AvgIpc) is 2.43. The monoisotopic (exact) mass is 258 g/mol. The van der Waals surface area contributed by atoms with Crippen LogP contribution in [0.15, 0.2) is 30.4 Å². The van der Waals surface area contributed by atoms with Gasteiger partial charge in [0.05, 0.1) is 19.8 Å². The molecule has 0 aromatic heterocycles. The molecule has 0 amide bonds. The molecule has 0 fully saturated rings. The molecule has 0 atom stereocenters. The van der Waals surface area contributed by atoms with Crippen LogP contribution < -0.4 is 9.47 Å². The molecule has 1 aromatic rings. The van der Waals surface area contributed by atoms with Crippen molar-refractivity contribution in [2.24, 2.45) is 0 Å². The molecule has 0 radical (unpaired) electrons. The van der Waals surface area contributed by atoms with Crippen LogP contribution in [-0.2, 0) is 4.79 Å². The fourth-order valence-corrected chi connectivity index (χ4v) is 2.07. The molecule has 0 bridgehead atoms. The van der Waals surface area contributed by atoms with Crippen LogP contribution >= 0.6 is 0 Å². The molecule has 0 saturated carbocycles. The highest BCUT2D eigenvalue weighted by molar-refractivity contribution is 6.52. The van der Waals surface area contributed by atoms with E-state index in [1.165, 1.54) is 14.2 Å². The maximum atomic E-state index is 12.1. The van der Waals surface area contributed by atoms with E-state index < -0.39 is 11.6 Å². The summed E-state index contributed by atoms with van der Waals surface area (Å²) in [6.45, 7) is 3.58. The molecule has 0 saturated heterocycles. The predicted molar refractivity (Wildman–Crippen MR) is 71.7 cm³/mol. The van der Waals surface area contributed by atoms with Gasteiger partial charge in [0.2, 0.25) is 11.6 Å². The summed E-state index contributed by atoms with van der Waals surface area (Å²) in [5.41, 5.74) is 1.36. The lowest BCUT2D eigenvalue weighted by Crippen LogP contribution is -2.22. The van der Waals surface area contributed by atoms with Crippen LogP contribution in [0.3, 0.4) is 0 Å². The van der Waals surface area contributed by atoms with Crippen molar-refractivity contribution in [3.05, 3.63) is 41.5 Å². The summed E-state index contributed by atoms with van der Waals surface area (Å²) in [4.78, 5) is 24.1. The Morgan fingerprint density at radius 1 is 1.16 bits per heavy atom. The predicted octanol–water partition coefficient (Wildman–Crippen LogP) is 2.43. The fourth-order valence-electron chi connectivity index (χ4n) is 2.07. The number of fused-ring (bicyclic) bond motifs is 1. The Hall–Kier alpha value is -2.36. The van der Waals surface area contributed by atoms with Crippen molar-refractivity contribution < 1.29 is 19.1 Å². The van der Waals surface area contributed by atoms with Crippen LogP contribution in [0, 0.1) is 0 Å². The number of hydrogen-bond acceptors (Lipinski definition) is 4. The molecule has 98 valence electrons. The van der Waals surface area contributed by atoms with Gasteiger partial charge < -0.3 is 9.47 Å². The molecule has 19 heavy (non-hydrogen) atoms. The standard InChI is InChI=1S/C15H14O4/c1-4-5-9-6-10-7-11(18-2)8-12(19-3)13(10)15(17)14(9)16/h4,6-8H,1,5H2,2-3H3. The first-order chi connectivity index (χ1) is 9.12. The number of carbonyl (C=O) groups is 2. The zero-order valence-electron chi connectivity index (χ0n) is 10.9. The van der Waals surface area contributed by atoms with Crippen molar-refractivity contribution in [3.8, 4) is 11.5 Å². The molecular weight excluding hydrogens is 244 g/mol. The lowest BCUT2D eigenvalue weighted by molar-refractivity contribution is -0.111. The topological polar surface area (TPSA) is 52.6 Å². The largest absolute Gasteiger partial charge is 0.497 e. The molecule has 0 heterocycles. The zero-order chi connectivity index (χ0) is 14.0. The van der Waals surface area contributed by atoms with Gasteiger partial charge in [0.15, 0.2) is 0 Å². The maximum Gasteiger partial charge on any atom is 0.237 e. The lowest BCUT2D eigenvalue weighted by atomic mass is 9.88. The number of methoxy groups -OCH3 is 2. The van der Waals surface area contributed by atoms with Gasteiger partial charge in [-0.2, -0.15) is 0 Å². The number of ether oxygens (including phenoxy) is 2. The Morgan fingerprint density at radius 3 is 2.47 bits per heavy atom. The lowest BCUT2D eigenvalue weighted by Gasteiger charge is -2.17. The molecule has 1 aliphatic rings. The molecule has 2 rings (SSSR count). The number of hydrogen-bond donors (Lipinski definition) is 0. The van der Waals surface area contributed by atoms with Crippen LogP contribution in [0.25, 0.3) is 6.08 Å². The highest BCUT2D eigenvalue weighted by atomic mass is 16.5. The molecule has 0 N–H and O–H groups in total.